The van der Waals surface area contributed by atoms with Gasteiger partial charge in [-0.1, -0.05) is 137 Å². The van der Waals surface area contributed by atoms with Gasteiger partial charge in [0.15, 0.2) is 0 Å². The molecule has 80 heavy (non-hydrogen) atoms. The first-order chi connectivity index (χ1) is 39.0. The third kappa shape index (κ3) is 6.07. The summed E-state index contributed by atoms with van der Waals surface area (Å²) < 4.78 is 9.63. The lowest BCUT2D eigenvalue weighted by Crippen LogP contribution is -2.15. The fourth-order valence-corrected chi connectivity index (χ4v) is 16.4. The Hall–Kier alpha value is -9.56. The molecule has 6 heteroatoms. The van der Waals surface area contributed by atoms with Crippen LogP contribution in [0.25, 0.3) is 140 Å². The van der Waals surface area contributed by atoms with Crippen molar-refractivity contribution in [1.82, 2.24) is 9.13 Å². The maximum atomic E-state index is 11.6. The Morgan fingerprint density at radius 1 is 0.312 bits per heavy atom. The Morgan fingerprint density at radius 3 is 1.11 bits per heavy atom. The van der Waals surface area contributed by atoms with Crippen LogP contribution in [0, 0.1) is 22.7 Å². The summed E-state index contributed by atoms with van der Waals surface area (Å²) in [7, 11) is 0. The van der Waals surface area contributed by atoms with Crippen LogP contribution < -0.4 is 0 Å². The van der Waals surface area contributed by atoms with Crippen molar-refractivity contribution in [3.8, 4) is 68.0 Å². The topological polar surface area (TPSA) is 57.4 Å². The monoisotopic (exact) mass is 1050 g/mol. The molecule has 2 aliphatic rings. The van der Waals surface area contributed by atoms with Crippen molar-refractivity contribution in [2.45, 2.75) is 38.5 Å². The summed E-state index contributed by atoms with van der Waals surface area (Å²) in [5, 5.41) is 32.6. The van der Waals surface area contributed by atoms with Crippen molar-refractivity contribution >= 4 is 107 Å². The van der Waals surface area contributed by atoms with Crippen LogP contribution in [0.1, 0.15) is 61.1 Å². The molecule has 15 aromatic rings. The van der Waals surface area contributed by atoms with Gasteiger partial charge in [-0.25, -0.2) is 0 Å². The molecule has 11 aromatic carbocycles. The number of hydrogen-bond donors (Lipinski definition) is 0. The Bertz CT molecular complexity index is 5070. The van der Waals surface area contributed by atoms with Gasteiger partial charge in [0.25, 0.3) is 0 Å². The number of nitriles is 2. The highest BCUT2D eigenvalue weighted by molar-refractivity contribution is 7.26. The minimum absolute atomic E-state index is 0.261. The molecule has 0 amide bonds. The predicted molar refractivity (Wildman–Crippen MR) is 336 cm³/mol. The van der Waals surface area contributed by atoms with E-state index in [9.17, 15) is 10.5 Å². The van der Waals surface area contributed by atoms with Crippen LogP contribution in [0.4, 0.5) is 0 Å². The Labute approximate surface area is 469 Å². The van der Waals surface area contributed by atoms with E-state index in [0.717, 1.165) is 65.9 Å². The molecule has 4 heterocycles. The van der Waals surface area contributed by atoms with Crippen LogP contribution in [0.2, 0.25) is 0 Å². The van der Waals surface area contributed by atoms with E-state index in [1.807, 2.05) is 34.8 Å². The third-order valence-corrected chi connectivity index (χ3v) is 20.5. The normalized spacial score (nSPS) is 13.9. The molecule has 0 fully saturated rings. The minimum atomic E-state index is -0.261. The molecule has 0 saturated carbocycles. The number of benzene rings is 11. The first-order valence-electron chi connectivity index (χ1n) is 27.3. The summed E-state index contributed by atoms with van der Waals surface area (Å²) in [4.78, 5) is 0. The molecule has 0 aliphatic heterocycles. The van der Waals surface area contributed by atoms with Crippen molar-refractivity contribution in [3.05, 3.63) is 240 Å². The van der Waals surface area contributed by atoms with E-state index in [2.05, 4.69) is 243 Å². The van der Waals surface area contributed by atoms with Gasteiger partial charge in [-0.2, -0.15) is 10.5 Å². The van der Waals surface area contributed by atoms with Crippen molar-refractivity contribution < 1.29 is 0 Å². The molecule has 0 spiro atoms. The van der Waals surface area contributed by atoms with Gasteiger partial charge in [0.05, 0.1) is 44.6 Å². The Morgan fingerprint density at radius 2 is 0.675 bits per heavy atom. The van der Waals surface area contributed by atoms with E-state index in [1.165, 1.54) is 84.9 Å². The average Bonchev–Trinajstić information content (AvgIpc) is 4.35. The molecule has 2 aliphatic carbocycles. The SMILES string of the molecule is CC1(C)c2ccccc2-c2cc3c4cc(-c5ccc6sc7ccccc7c6c5)ccc4n(-c4cc(C#N)c(-n5c6ccc(-c7ccc8sc9ccccc9c8c7)cc6c6cc7c(cc65)C(C)(C)c5ccccc5-7)cc4C#N)c3cc21. The fourth-order valence-electron chi connectivity index (χ4n) is 14.2. The third-order valence-electron chi connectivity index (χ3n) is 18.2. The molecule has 0 N–H and O–H groups in total. The summed E-state index contributed by atoms with van der Waals surface area (Å²) in [5.41, 5.74) is 20.4. The summed E-state index contributed by atoms with van der Waals surface area (Å²) in [6, 6.07) is 80.9. The smallest absolute Gasteiger partial charge is 0.101 e. The zero-order valence-electron chi connectivity index (χ0n) is 44.2. The van der Waals surface area contributed by atoms with Gasteiger partial charge in [0.2, 0.25) is 0 Å². The van der Waals surface area contributed by atoms with Crippen molar-refractivity contribution in [2.24, 2.45) is 0 Å². The molecule has 17 rings (SSSR count). The number of thiophene rings is 2. The highest BCUT2D eigenvalue weighted by Gasteiger charge is 2.38. The lowest BCUT2D eigenvalue weighted by Gasteiger charge is -2.22. The quantitative estimate of drug-likeness (QED) is 0.176. The Kier molecular flexibility index (Phi) is 9.11. The molecule has 4 aromatic heterocycles. The summed E-state index contributed by atoms with van der Waals surface area (Å²) >= 11 is 3.66. The summed E-state index contributed by atoms with van der Waals surface area (Å²) in [5.74, 6) is 0. The van der Waals surface area contributed by atoms with Gasteiger partial charge in [-0.05, 0) is 164 Å². The molecule has 0 bridgehead atoms. The van der Waals surface area contributed by atoms with E-state index in [-0.39, 0.29) is 10.8 Å². The largest absolute Gasteiger partial charge is 0.308 e. The van der Waals surface area contributed by atoms with Crippen LogP contribution in [-0.2, 0) is 10.8 Å². The second kappa shape index (κ2) is 16.0. The zero-order chi connectivity index (χ0) is 53.5. The van der Waals surface area contributed by atoms with Crippen LogP contribution >= 0.6 is 22.7 Å². The van der Waals surface area contributed by atoms with Crippen molar-refractivity contribution in [1.29, 1.82) is 10.5 Å². The lowest BCUT2D eigenvalue weighted by atomic mass is 9.82. The second-order valence-electron chi connectivity index (χ2n) is 23.0. The summed E-state index contributed by atoms with van der Waals surface area (Å²) in [6.07, 6.45) is 0. The van der Waals surface area contributed by atoms with E-state index in [0.29, 0.717) is 22.5 Å². The van der Waals surface area contributed by atoms with Crippen LogP contribution in [-0.4, -0.2) is 9.13 Å². The highest BCUT2D eigenvalue weighted by atomic mass is 32.1. The van der Waals surface area contributed by atoms with Gasteiger partial charge in [0.1, 0.15) is 12.1 Å². The molecule has 374 valence electrons. The predicted octanol–water partition coefficient (Wildman–Crippen LogP) is 20.3. The van der Waals surface area contributed by atoms with Gasteiger partial charge >= 0.3 is 0 Å². The number of fused-ring (bicyclic) bond motifs is 18. The number of nitrogens with zero attached hydrogens (tertiary/aromatic N) is 4. The molecule has 4 nitrogen and oxygen atoms in total. The number of rotatable bonds is 4. The minimum Gasteiger partial charge on any atom is -0.308 e. The maximum absolute atomic E-state index is 11.6. The van der Waals surface area contributed by atoms with Crippen molar-refractivity contribution in [3.63, 3.8) is 0 Å². The van der Waals surface area contributed by atoms with E-state index in [1.54, 1.807) is 0 Å². The van der Waals surface area contributed by atoms with E-state index >= 15 is 0 Å². The van der Waals surface area contributed by atoms with E-state index in [4.69, 9.17) is 0 Å². The maximum Gasteiger partial charge on any atom is 0.101 e. The average molecular weight is 1060 g/mol. The zero-order valence-corrected chi connectivity index (χ0v) is 45.9. The van der Waals surface area contributed by atoms with Crippen LogP contribution in [0.15, 0.2) is 206 Å². The van der Waals surface area contributed by atoms with Crippen molar-refractivity contribution in [2.75, 3.05) is 0 Å². The van der Waals surface area contributed by atoms with Crippen LogP contribution in [0.5, 0.6) is 0 Å². The number of aromatic nitrogens is 2. The fraction of sp³-hybridized carbons (Fsp3) is 0.0811. The first kappa shape index (κ1) is 45.5. The standard InChI is InChI=1S/C74H46N4S2/c1-73(2)59-17-9-5-13-47(59)51-35-55-53-29-41(43-23-27-71-57(31-43)49-15-7-11-19-69(49)79-71)21-25-63(53)77(67(55)37-61(51)73)65-33-46(40-76)66(34-45(65)39-75)78-64-26-22-42(44-24-28-72-58(32-44)50-16-8-12-20-70(50)80-72)30-54(64)56-36-52-48-14-6-10-18-60(48)74(3,4)62(52)38-68(56)78/h5-38H,1-4H3. The van der Waals surface area contributed by atoms with E-state index < -0.39 is 0 Å². The lowest BCUT2D eigenvalue weighted by molar-refractivity contribution is 0.661. The second-order valence-corrected chi connectivity index (χ2v) is 25.2. The molecular weight excluding hydrogens is 1010 g/mol. The molecule has 0 saturated heterocycles. The Balaban J connectivity index is 0.904. The number of hydrogen-bond acceptors (Lipinski definition) is 4. The van der Waals surface area contributed by atoms with Crippen LogP contribution in [0.3, 0.4) is 0 Å². The van der Waals surface area contributed by atoms with Gasteiger partial charge in [-0.15, -0.1) is 22.7 Å². The molecular formula is C74H46N4S2. The van der Waals surface area contributed by atoms with Gasteiger partial charge in [-0.3, -0.25) is 0 Å². The molecule has 0 radical (unpaired) electrons. The van der Waals surface area contributed by atoms with Gasteiger partial charge in [0, 0.05) is 72.7 Å². The van der Waals surface area contributed by atoms with Gasteiger partial charge < -0.3 is 9.13 Å². The highest BCUT2D eigenvalue weighted by Crippen LogP contribution is 2.54. The molecule has 0 atom stereocenters. The first-order valence-corrected chi connectivity index (χ1v) is 29.0. The summed E-state index contributed by atoms with van der Waals surface area (Å²) in [6.45, 7) is 9.26. The molecule has 0 unspecified atom stereocenters.